The second-order valence-electron chi connectivity index (χ2n) is 10.2. The van der Waals surface area contributed by atoms with Gasteiger partial charge in [-0.15, -0.1) is 0 Å². The third-order valence-corrected chi connectivity index (χ3v) is 7.82. The van der Waals surface area contributed by atoms with Crippen LogP contribution in [-0.2, 0) is 19.3 Å². The monoisotopic (exact) mass is 676 g/mol. The Labute approximate surface area is 270 Å². The number of ether oxygens (including phenoxy) is 3. The van der Waals surface area contributed by atoms with E-state index in [2.05, 4.69) is 15.0 Å². The molecule has 8 nitrogen and oxygen atoms in total. The average molecular weight is 677 g/mol. The van der Waals surface area contributed by atoms with Crippen LogP contribution in [0.4, 0.5) is 23.4 Å². The maximum atomic E-state index is 16.3. The van der Waals surface area contributed by atoms with Crippen molar-refractivity contribution in [3.63, 3.8) is 0 Å². The molecular weight excluding hydrogens is 651 g/mol. The molecule has 240 valence electrons. The zero-order valence-corrected chi connectivity index (χ0v) is 26.4. The molecule has 0 radical (unpaired) electrons. The van der Waals surface area contributed by atoms with E-state index in [0.717, 1.165) is 18.2 Å². The summed E-state index contributed by atoms with van der Waals surface area (Å²) in [6.45, 7) is 1.66. The third-order valence-electron chi connectivity index (χ3n) is 7.28. The van der Waals surface area contributed by atoms with Gasteiger partial charge in [-0.2, -0.15) is 13.2 Å². The van der Waals surface area contributed by atoms with Gasteiger partial charge < -0.3 is 19.1 Å². The van der Waals surface area contributed by atoms with Crippen LogP contribution >= 0.6 is 23.2 Å². The number of rotatable bonds is 9. The van der Waals surface area contributed by atoms with Crippen molar-refractivity contribution in [3.8, 4) is 28.5 Å². The quantitative estimate of drug-likeness (QED) is 0.125. The first kappa shape index (κ1) is 32.8. The Hall–Kier alpha value is -4.55. The fourth-order valence-electron chi connectivity index (χ4n) is 5.13. The molecule has 14 heteroatoms. The maximum absolute atomic E-state index is 16.3. The molecule has 0 aliphatic heterocycles. The van der Waals surface area contributed by atoms with Gasteiger partial charge in [0.25, 0.3) is 5.56 Å². The van der Waals surface area contributed by atoms with E-state index in [0.29, 0.717) is 11.5 Å². The van der Waals surface area contributed by atoms with Crippen LogP contribution in [0.3, 0.4) is 0 Å². The van der Waals surface area contributed by atoms with E-state index in [-0.39, 0.29) is 30.2 Å². The Morgan fingerprint density at radius 3 is 1.89 bits per heavy atom. The number of anilines is 1. The van der Waals surface area contributed by atoms with Crippen molar-refractivity contribution in [2.24, 2.45) is 0 Å². The lowest BCUT2D eigenvalue weighted by molar-refractivity contribution is -0.137. The number of nitrogens with one attached hydrogen (secondary N) is 1. The van der Waals surface area contributed by atoms with Crippen LogP contribution in [0.1, 0.15) is 22.3 Å². The lowest BCUT2D eigenvalue weighted by Crippen LogP contribution is -2.24. The first-order chi connectivity index (χ1) is 21.9. The lowest BCUT2D eigenvalue weighted by Gasteiger charge is -2.27. The van der Waals surface area contributed by atoms with Crippen LogP contribution in [0.5, 0.6) is 17.2 Å². The predicted molar refractivity (Wildman–Crippen MR) is 168 cm³/mol. The summed E-state index contributed by atoms with van der Waals surface area (Å²) >= 11 is 12.4. The number of benzene rings is 3. The molecule has 5 rings (SSSR count). The summed E-state index contributed by atoms with van der Waals surface area (Å²) in [6.07, 6.45) is -4.97. The number of aryl methyl sites for hydroxylation is 1. The van der Waals surface area contributed by atoms with Crippen molar-refractivity contribution < 1.29 is 31.8 Å². The van der Waals surface area contributed by atoms with Crippen LogP contribution in [0.2, 0.25) is 10.3 Å². The van der Waals surface area contributed by atoms with Gasteiger partial charge >= 0.3 is 6.18 Å². The Morgan fingerprint density at radius 1 is 0.870 bits per heavy atom. The minimum atomic E-state index is -4.97. The van der Waals surface area contributed by atoms with Gasteiger partial charge in [-0.05, 0) is 65.5 Å². The smallest absolute Gasteiger partial charge is 0.418 e. The summed E-state index contributed by atoms with van der Waals surface area (Å²) < 4.78 is 76.1. The molecule has 0 saturated carbocycles. The van der Waals surface area contributed by atoms with Gasteiger partial charge in [0.15, 0.2) is 11.6 Å². The highest BCUT2D eigenvalue weighted by atomic mass is 35.5. The van der Waals surface area contributed by atoms with Gasteiger partial charge in [0.2, 0.25) is 5.28 Å². The van der Waals surface area contributed by atoms with Crippen LogP contribution in [0.15, 0.2) is 59.4 Å². The van der Waals surface area contributed by atoms with Crippen LogP contribution in [-0.4, -0.2) is 36.3 Å². The van der Waals surface area contributed by atoms with Crippen LogP contribution < -0.4 is 24.7 Å². The Balaban J connectivity index is 1.77. The SMILES string of the molecule is COc1ccc(CN(Cc2ccc(OC)cc2)c2cc(C)c(C(F)(F)F)c(-c3c(Cl)c(OC)c4c(=O)[nH]c(Cl)nc4c3F)n2)cc1. The van der Waals surface area contributed by atoms with E-state index in [9.17, 15) is 18.0 Å². The third kappa shape index (κ3) is 6.40. The highest BCUT2D eigenvalue weighted by Crippen LogP contribution is 2.47. The molecule has 5 aromatic rings. The molecule has 0 spiro atoms. The molecule has 2 heterocycles. The number of pyridine rings is 1. The molecule has 0 saturated heterocycles. The molecule has 1 N–H and O–H groups in total. The molecule has 0 amide bonds. The number of fused-ring (bicyclic) bond motifs is 1. The first-order valence-corrected chi connectivity index (χ1v) is 14.4. The number of aromatic amines is 1. The van der Waals surface area contributed by atoms with Gasteiger partial charge in [0.1, 0.15) is 28.2 Å². The van der Waals surface area contributed by atoms with Gasteiger partial charge in [-0.1, -0.05) is 35.9 Å². The summed E-state index contributed by atoms with van der Waals surface area (Å²) in [6, 6.07) is 15.6. The molecule has 3 aromatic carbocycles. The number of hydrogen-bond acceptors (Lipinski definition) is 7. The van der Waals surface area contributed by atoms with Crippen molar-refractivity contribution in [2.45, 2.75) is 26.2 Å². The van der Waals surface area contributed by atoms with E-state index in [1.165, 1.54) is 27.2 Å². The lowest BCUT2D eigenvalue weighted by atomic mass is 9.98. The van der Waals surface area contributed by atoms with E-state index < -0.39 is 55.6 Å². The number of alkyl halides is 3. The van der Waals surface area contributed by atoms with Crippen LogP contribution in [0.25, 0.3) is 22.2 Å². The van der Waals surface area contributed by atoms with Gasteiger partial charge in [0.05, 0.1) is 43.2 Å². The van der Waals surface area contributed by atoms with E-state index in [1.807, 2.05) is 24.3 Å². The second-order valence-corrected chi connectivity index (χ2v) is 10.9. The normalized spacial score (nSPS) is 11.5. The number of aromatic nitrogens is 3. The van der Waals surface area contributed by atoms with Gasteiger partial charge in [0, 0.05) is 13.1 Å². The van der Waals surface area contributed by atoms with Gasteiger partial charge in [-0.3, -0.25) is 9.78 Å². The number of H-pyrrole nitrogens is 1. The fraction of sp³-hybridized carbons (Fsp3) is 0.219. The Morgan fingerprint density at radius 2 is 1.41 bits per heavy atom. The summed E-state index contributed by atoms with van der Waals surface area (Å²) in [5.41, 5.74) is -2.94. The van der Waals surface area contributed by atoms with Crippen molar-refractivity contribution in [2.75, 3.05) is 26.2 Å². The molecule has 0 unspecified atom stereocenters. The van der Waals surface area contributed by atoms with E-state index in [1.54, 1.807) is 29.2 Å². The summed E-state index contributed by atoms with van der Waals surface area (Å²) in [7, 11) is 4.21. The molecular formula is C32H26Cl2F4N4O4. The van der Waals surface area contributed by atoms with Gasteiger partial charge in [-0.25, -0.2) is 14.4 Å². The molecule has 0 aliphatic rings. The maximum Gasteiger partial charge on any atom is 0.418 e. The standard InChI is InChI=1S/C32H26Cl2F4N4O4/c1-16-13-21(42(14-17-5-9-19(44-2)10-6-17)15-18-7-11-20(45-3)12-8-18)39-27(24(16)32(36,37)38)22-25(33)29(46-4)23-28(26(22)35)40-31(34)41-30(23)43/h5-13H,14-15H2,1-4H3,(H,40,41,43). The van der Waals surface area contributed by atoms with E-state index >= 15 is 4.39 Å². The van der Waals surface area contributed by atoms with Crippen molar-refractivity contribution in [1.29, 1.82) is 0 Å². The number of nitrogens with zero attached hydrogens (tertiary/aromatic N) is 3. The largest absolute Gasteiger partial charge is 0.497 e. The highest BCUT2D eigenvalue weighted by molar-refractivity contribution is 6.36. The molecule has 0 aliphatic carbocycles. The first-order valence-electron chi connectivity index (χ1n) is 13.6. The van der Waals surface area contributed by atoms with Crippen LogP contribution in [0, 0.1) is 12.7 Å². The zero-order chi connectivity index (χ0) is 33.3. The Kier molecular flexibility index (Phi) is 9.32. The topological polar surface area (TPSA) is 89.6 Å². The number of hydrogen-bond donors (Lipinski definition) is 1. The molecule has 2 aromatic heterocycles. The molecule has 0 bridgehead atoms. The minimum absolute atomic E-state index is 0.0959. The second kappa shape index (κ2) is 13.1. The fourth-order valence-corrected chi connectivity index (χ4v) is 5.64. The number of halogens is 6. The summed E-state index contributed by atoms with van der Waals surface area (Å²) in [4.78, 5) is 24.9. The predicted octanol–water partition coefficient (Wildman–Crippen LogP) is 7.99. The van der Waals surface area contributed by atoms with Crippen molar-refractivity contribution >= 4 is 39.9 Å². The molecule has 46 heavy (non-hydrogen) atoms. The van der Waals surface area contributed by atoms with Crippen molar-refractivity contribution in [1.82, 2.24) is 15.0 Å². The van der Waals surface area contributed by atoms with Crippen molar-refractivity contribution in [3.05, 3.63) is 103 Å². The zero-order valence-electron chi connectivity index (χ0n) is 24.9. The number of methoxy groups -OCH3 is 3. The summed E-state index contributed by atoms with van der Waals surface area (Å²) in [5.74, 6) is -0.359. The average Bonchev–Trinajstić information content (AvgIpc) is 3.01. The summed E-state index contributed by atoms with van der Waals surface area (Å²) in [5, 5.41) is -1.49. The molecule has 0 fully saturated rings. The van der Waals surface area contributed by atoms with E-state index in [4.69, 9.17) is 37.4 Å². The molecule has 0 atom stereocenters. The Bertz CT molecular complexity index is 1920. The highest BCUT2D eigenvalue weighted by Gasteiger charge is 2.39. The minimum Gasteiger partial charge on any atom is -0.497 e.